The lowest BCUT2D eigenvalue weighted by Gasteiger charge is -2.40. The fourth-order valence-corrected chi connectivity index (χ4v) is 4.72. The van der Waals surface area contributed by atoms with Crippen LogP contribution in [-0.4, -0.2) is 67.2 Å². The highest BCUT2D eigenvalue weighted by Crippen LogP contribution is 2.37. The first-order valence-electron chi connectivity index (χ1n) is 12.8. The summed E-state index contributed by atoms with van der Waals surface area (Å²) in [7, 11) is 4.33. The average Bonchev–Trinajstić information content (AvgIpc) is 2.97. The van der Waals surface area contributed by atoms with E-state index in [0.717, 1.165) is 27.9 Å². The van der Waals surface area contributed by atoms with Gasteiger partial charge in [0.05, 0.1) is 37.2 Å². The monoisotopic (exact) mass is 565 g/mol. The molecule has 11 heteroatoms. The van der Waals surface area contributed by atoms with Gasteiger partial charge in [0.2, 0.25) is 0 Å². The van der Waals surface area contributed by atoms with Crippen molar-refractivity contribution in [2.24, 2.45) is 0 Å². The molecule has 10 nitrogen and oxygen atoms in total. The predicted molar refractivity (Wildman–Crippen MR) is 153 cm³/mol. The second kappa shape index (κ2) is 12.7. The SMILES string of the molecule is COC(=O)C1=C(C)N(C)C(=O)N(C(=O)NCCCCNc2cnc3cc(Cl)ccc3c2)C1c1ccc(OC)cc1. The van der Waals surface area contributed by atoms with Crippen LogP contribution in [0.4, 0.5) is 15.3 Å². The van der Waals surface area contributed by atoms with Gasteiger partial charge in [0.25, 0.3) is 0 Å². The van der Waals surface area contributed by atoms with E-state index in [1.165, 1.54) is 19.1 Å². The topological polar surface area (TPSA) is 113 Å². The van der Waals surface area contributed by atoms with E-state index in [2.05, 4.69) is 15.6 Å². The quantitative estimate of drug-likeness (QED) is 0.265. The van der Waals surface area contributed by atoms with E-state index in [0.29, 0.717) is 41.5 Å². The molecule has 1 aliphatic rings. The number of hydrogen-bond donors (Lipinski definition) is 2. The number of hydrogen-bond acceptors (Lipinski definition) is 7. The van der Waals surface area contributed by atoms with E-state index >= 15 is 0 Å². The van der Waals surface area contributed by atoms with Crippen LogP contribution in [0.5, 0.6) is 5.75 Å². The summed E-state index contributed by atoms with van der Waals surface area (Å²) in [6.07, 6.45) is 3.19. The molecule has 0 spiro atoms. The van der Waals surface area contributed by atoms with Crippen LogP contribution in [-0.2, 0) is 9.53 Å². The van der Waals surface area contributed by atoms with Gasteiger partial charge >= 0.3 is 18.0 Å². The molecule has 210 valence electrons. The minimum atomic E-state index is -0.959. The van der Waals surface area contributed by atoms with Gasteiger partial charge in [-0.2, -0.15) is 0 Å². The Hall–Kier alpha value is -4.31. The number of pyridine rings is 1. The van der Waals surface area contributed by atoms with Crippen LogP contribution in [0, 0.1) is 0 Å². The van der Waals surface area contributed by atoms with Crippen molar-refractivity contribution < 1.29 is 23.9 Å². The van der Waals surface area contributed by atoms with Crippen molar-refractivity contribution >= 4 is 46.2 Å². The molecule has 0 radical (unpaired) electrons. The second-order valence-corrected chi connectivity index (χ2v) is 9.74. The van der Waals surface area contributed by atoms with Gasteiger partial charge in [-0.1, -0.05) is 29.8 Å². The standard InChI is InChI=1S/C29H32ClN5O5/c1-18-25(27(36)40-4)26(19-8-11-23(39-3)12-9-19)35(29(38)34(18)2)28(37)32-14-6-5-13-31-22-15-20-7-10-21(30)16-24(20)33-17-22/h7-12,15-17,26,31H,5-6,13-14H2,1-4H3,(H,32,37). The zero-order valence-electron chi connectivity index (χ0n) is 22.9. The lowest BCUT2D eigenvalue weighted by molar-refractivity contribution is -0.137. The number of carbonyl (C=O) groups is 3. The highest BCUT2D eigenvalue weighted by Gasteiger charge is 2.44. The molecule has 1 atom stereocenters. The van der Waals surface area contributed by atoms with E-state index < -0.39 is 24.1 Å². The number of aromatic nitrogens is 1. The van der Waals surface area contributed by atoms with E-state index in [4.69, 9.17) is 21.1 Å². The van der Waals surface area contributed by atoms with Crippen LogP contribution in [0.1, 0.15) is 31.4 Å². The Balaban J connectivity index is 1.40. The number of carbonyl (C=O) groups excluding carboxylic acids is 3. The first kappa shape index (κ1) is 28.7. The number of nitrogens with one attached hydrogen (secondary N) is 2. The minimum absolute atomic E-state index is 0.209. The molecule has 40 heavy (non-hydrogen) atoms. The maximum absolute atomic E-state index is 13.4. The highest BCUT2D eigenvalue weighted by atomic mass is 35.5. The van der Waals surface area contributed by atoms with Crippen molar-refractivity contribution in [3.05, 3.63) is 76.6 Å². The summed E-state index contributed by atoms with van der Waals surface area (Å²) in [6, 6.07) is 12.3. The molecule has 1 aromatic heterocycles. The number of anilines is 1. The first-order chi connectivity index (χ1) is 19.2. The van der Waals surface area contributed by atoms with Gasteiger partial charge in [0, 0.05) is 36.2 Å². The summed E-state index contributed by atoms with van der Waals surface area (Å²) in [5.74, 6) is -0.00961. The average molecular weight is 566 g/mol. The van der Waals surface area contributed by atoms with Gasteiger partial charge in [-0.15, -0.1) is 0 Å². The normalized spacial score (nSPS) is 15.3. The Kier molecular flexibility index (Phi) is 9.11. The molecule has 2 aromatic carbocycles. The molecule has 2 heterocycles. The smallest absolute Gasteiger partial charge is 0.338 e. The van der Waals surface area contributed by atoms with Gasteiger partial charge in [-0.3, -0.25) is 4.98 Å². The van der Waals surface area contributed by atoms with E-state index in [1.807, 2.05) is 24.3 Å². The number of methoxy groups -OCH3 is 2. The number of ether oxygens (including phenoxy) is 2. The molecule has 0 saturated carbocycles. The molecule has 1 aliphatic heterocycles. The maximum Gasteiger partial charge on any atom is 0.338 e. The third kappa shape index (κ3) is 6.12. The van der Waals surface area contributed by atoms with Gasteiger partial charge < -0.3 is 25.0 Å². The number of urea groups is 2. The maximum atomic E-state index is 13.4. The summed E-state index contributed by atoms with van der Waals surface area (Å²) in [6.45, 7) is 2.67. The largest absolute Gasteiger partial charge is 0.497 e. The number of benzene rings is 2. The number of esters is 1. The molecule has 2 N–H and O–H groups in total. The predicted octanol–water partition coefficient (Wildman–Crippen LogP) is 5.35. The molecule has 0 fully saturated rings. The van der Waals surface area contributed by atoms with Crippen LogP contribution in [0.15, 0.2) is 66.0 Å². The van der Waals surface area contributed by atoms with E-state index in [9.17, 15) is 14.4 Å². The Morgan fingerprint density at radius 1 is 1.05 bits per heavy atom. The number of amides is 4. The van der Waals surface area contributed by atoms with Crippen LogP contribution < -0.4 is 15.4 Å². The van der Waals surface area contributed by atoms with E-state index in [-0.39, 0.29) is 5.57 Å². The molecule has 1 unspecified atom stereocenters. The molecule has 3 aromatic rings. The first-order valence-corrected chi connectivity index (χ1v) is 13.2. The number of allylic oxidation sites excluding steroid dienone is 1. The lowest BCUT2D eigenvalue weighted by atomic mass is 9.93. The van der Waals surface area contributed by atoms with E-state index in [1.54, 1.807) is 44.5 Å². The lowest BCUT2D eigenvalue weighted by Crippen LogP contribution is -2.54. The van der Waals surface area contributed by atoms with Gasteiger partial charge in [0.1, 0.15) is 11.8 Å². The number of nitrogens with zero attached hydrogens (tertiary/aromatic N) is 3. The number of unbranched alkanes of at least 4 members (excludes halogenated alkanes) is 1. The molecule has 0 aliphatic carbocycles. The number of rotatable bonds is 9. The Labute approximate surface area is 237 Å². The third-order valence-corrected chi connectivity index (χ3v) is 7.06. The summed E-state index contributed by atoms with van der Waals surface area (Å²) < 4.78 is 10.3. The van der Waals surface area contributed by atoms with Gasteiger partial charge in [-0.05, 0) is 55.7 Å². The van der Waals surface area contributed by atoms with Crippen molar-refractivity contribution in [1.29, 1.82) is 0 Å². The van der Waals surface area contributed by atoms with Crippen molar-refractivity contribution in [3.63, 3.8) is 0 Å². The zero-order chi connectivity index (χ0) is 28.8. The zero-order valence-corrected chi connectivity index (χ0v) is 23.6. The number of fused-ring (bicyclic) bond motifs is 1. The summed E-state index contributed by atoms with van der Waals surface area (Å²) in [5, 5.41) is 7.80. The van der Waals surface area contributed by atoms with Crippen LogP contribution >= 0.6 is 11.6 Å². The summed E-state index contributed by atoms with van der Waals surface area (Å²) >= 11 is 6.02. The molecular formula is C29H32ClN5O5. The molecule has 0 bridgehead atoms. The fraction of sp³-hybridized carbons (Fsp3) is 0.310. The molecular weight excluding hydrogens is 534 g/mol. The fourth-order valence-electron chi connectivity index (χ4n) is 4.55. The van der Waals surface area contributed by atoms with Crippen molar-refractivity contribution in [3.8, 4) is 5.75 Å². The highest BCUT2D eigenvalue weighted by molar-refractivity contribution is 6.31. The third-order valence-electron chi connectivity index (χ3n) is 6.83. The number of halogens is 1. The summed E-state index contributed by atoms with van der Waals surface area (Å²) in [4.78, 5) is 46.3. The second-order valence-electron chi connectivity index (χ2n) is 9.30. The van der Waals surface area contributed by atoms with Crippen molar-refractivity contribution in [2.45, 2.75) is 25.8 Å². The Morgan fingerprint density at radius 2 is 1.77 bits per heavy atom. The minimum Gasteiger partial charge on any atom is -0.497 e. The van der Waals surface area contributed by atoms with Crippen LogP contribution in [0.2, 0.25) is 5.02 Å². The Bertz CT molecular complexity index is 1440. The van der Waals surface area contributed by atoms with Crippen molar-refractivity contribution in [2.75, 3.05) is 39.7 Å². The van der Waals surface area contributed by atoms with Gasteiger partial charge in [0.15, 0.2) is 0 Å². The molecule has 0 saturated heterocycles. The molecule has 4 rings (SSSR count). The van der Waals surface area contributed by atoms with Crippen molar-refractivity contribution in [1.82, 2.24) is 20.1 Å². The number of imide groups is 1. The molecule has 4 amide bonds. The van der Waals surface area contributed by atoms with Crippen LogP contribution in [0.25, 0.3) is 10.9 Å². The Morgan fingerprint density at radius 3 is 2.48 bits per heavy atom. The summed E-state index contributed by atoms with van der Waals surface area (Å²) in [5.41, 5.74) is 2.92. The van der Waals surface area contributed by atoms with Crippen LogP contribution in [0.3, 0.4) is 0 Å². The van der Waals surface area contributed by atoms with Gasteiger partial charge in [-0.25, -0.2) is 19.3 Å².